The Labute approximate surface area is 138 Å². The van der Waals surface area contributed by atoms with Crippen molar-refractivity contribution in [1.29, 1.82) is 0 Å². The second-order valence-electron chi connectivity index (χ2n) is 5.40. The van der Waals surface area contributed by atoms with Crippen LogP contribution in [0.2, 0.25) is 5.02 Å². The van der Waals surface area contributed by atoms with E-state index in [0.717, 1.165) is 0 Å². The molecule has 0 bridgehead atoms. The van der Waals surface area contributed by atoms with Crippen molar-refractivity contribution in [1.82, 2.24) is 4.90 Å². The van der Waals surface area contributed by atoms with Crippen molar-refractivity contribution >= 4 is 23.2 Å². The monoisotopic (exact) mass is 334 g/mol. The van der Waals surface area contributed by atoms with Gasteiger partial charge in [0.2, 0.25) is 0 Å². The van der Waals surface area contributed by atoms with E-state index < -0.39 is 0 Å². The maximum absolute atomic E-state index is 13.8. The summed E-state index contributed by atoms with van der Waals surface area (Å²) in [4.78, 5) is 16.1. The van der Waals surface area contributed by atoms with Crippen molar-refractivity contribution in [2.24, 2.45) is 0 Å². The maximum Gasteiger partial charge on any atom is 0.254 e. The Hall–Kier alpha value is -2.27. The van der Waals surface area contributed by atoms with Gasteiger partial charge in [0.25, 0.3) is 5.91 Å². The number of hydrogen-bond donors (Lipinski definition) is 1. The highest BCUT2D eigenvalue weighted by Crippen LogP contribution is 2.25. The number of aromatic hydroxyl groups is 1. The minimum absolute atomic E-state index is 0.0485. The fourth-order valence-electron chi connectivity index (χ4n) is 2.68. The van der Waals surface area contributed by atoms with Crippen LogP contribution in [0.5, 0.6) is 5.75 Å². The molecule has 4 nitrogen and oxygen atoms in total. The van der Waals surface area contributed by atoms with Crippen LogP contribution >= 0.6 is 11.6 Å². The first kappa shape index (κ1) is 15.6. The first-order chi connectivity index (χ1) is 11.1. The Kier molecular flexibility index (Phi) is 4.39. The molecular weight excluding hydrogens is 319 g/mol. The second-order valence-corrected chi connectivity index (χ2v) is 5.80. The van der Waals surface area contributed by atoms with Crippen LogP contribution in [0.3, 0.4) is 0 Å². The Bertz CT molecular complexity index is 730. The van der Waals surface area contributed by atoms with E-state index in [1.807, 2.05) is 4.90 Å². The highest BCUT2D eigenvalue weighted by atomic mass is 35.5. The van der Waals surface area contributed by atoms with E-state index in [9.17, 15) is 14.3 Å². The van der Waals surface area contributed by atoms with Crippen LogP contribution in [-0.2, 0) is 0 Å². The molecule has 1 heterocycles. The molecule has 120 valence electrons. The van der Waals surface area contributed by atoms with Gasteiger partial charge in [0.1, 0.15) is 11.6 Å². The number of halogens is 2. The molecular formula is C17H16ClFN2O2. The standard InChI is InChI=1S/C17H16ClFN2O2/c18-13-11-12(5-6-16(13)22)17(23)21-9-7-20(8-10-21)15-4-2-1-3-14(15)19/h1-6,11,22H,7-10H2. The van der Waals surface area contributed by atoms with Crippen molar-refractivity contribution in [2.45, 2.75) is 0 Å². The zero-order valence-corrected chi connectivity index (χ0v) is 13.1. The van der Waals surface area contributed by atoms with Gasteiger partial charge >= 0.3 is 0 Å². The van der Waals surface area contributed by atoms with Crippen LogP contribution in [0.15, 0.2) is 42.5 Å². The van der Waals surface area contributed by atoms with Gasteiger partial charge in [-0.25, -0.2) is 4.39 Å². The molecule has 1 amide bonds. The molecule has 0 radical (unpaired) electrons. The van der Waals surface area contributed by atoms with Crippen molar-refractivity contribution in [3.63, 3.8) is 0 Å². The van der Waals surface area contributed by atoms with E-state index in [1.165, 1.54) is 18.2 Å². The maximum atomic E-state index is 13.8. The number of carbonyl (C=O) groups is 1. The number of phenols is 1. The van der Waals surface area contributed by atoms with Crippen LogP contribution in [-0.4, -0.2) is 42.1 Å². The summed E-state index contributed by atoms with van der Waals surface area (Å²) in [5, 5.41) is 9.58. The molecule has 0 saturated carbocycles. The van der Waals surface area contributed by atoms with Crippen molar-refractivity contribution in [2.75, 3.05) is 31.1 Å². The lowest BCUT2D eigenvalue weighted by atomic mass is 10.1. The molecule has 0 atom stereocenters. The zero-order chi connectivity index (χ0) is 16.4. The molecule has 3 rings (SSSR count). The number of para-hydroxylation sites is 1. The van der Waals surface area contributed by atoms with E-state index in [2.05, 4.69) is 0 Å². The van der Waals surface area contributed by atoms with Crippen molar-refractivity contribution in [3.05, 3.63) is 58.9 Å². The van der Waals surface area contributed by atoms with Gasteiger partial charge in [-0.3, -0.25) is 4.79 Å². The summed E-state index contributed by atoms with van der Waals surface area (Å²) < 4.78 is 13.8. The third-order valence-electron chi connectivity index (χ3n) is 3.95. The van der Waals surface area contributed by atoms with Crippen LogP contribution in [0, 0.1) is 5.82 Å². The molecule has 0 aromatic heterocycles. The smallest absolute Gasteiger partial charge is 0.254 e. The Balaban J connectivity index is 1.68. The molecule has 6 heteroatoms. The molecule has 23 heavy (non-hydrogen) atoms. The lowest BCUT2D eigenvalue weighted by Crippen LogP contribution is -2.49. The molecule has 1 saturated heterocycles. The Morgan fingerprint density at radius 2 is 1.78 bits per heavy atom. The van der Waals surface area contributed by atoms with E-state index in [-0.39, 0.29) is 22.5 Å². The van der Waals surface area contributed by atoms with Crippen LogP contribution < -0.4 is 4.90 Å². The van der Waals surface area contributed by atoms with E-state index in [1.54, 1.807) is 29.2 Å². The SMILES string of the molecule is O=C(c1ccc(O)c(Cl)c1)N1CCN(c2ccccc2F)CC1. The minimum Gasteiger partial charge on any atom is -0.506 e. The summed E-state index contributed by atoms with van der Waals surface area (Å²) in [5.41, 5.74) is 0.999. The van der Waals surface area contributed by atoms with E-state index in [0.29, 0.717) is 37.4 Å². The summed E-state index contributed by atoms with van der Waals surface area (Å²) in [6, 6.07) is 11.1. The quantitative estimate of drug-likeness (QED) is 0.917. The van der Waals surface area contributed by atoms with Gasteiger partial charge in [0, 0.05) is 31.7 Å². The number of carbonyl (C=O) groups excluding carboxylic acids is 1. The molecule has 1 aliphatic heterocycles. The van der Waals surface area contributed by atoms with Gasteiger partial charge in [0.05, 0.1) is 10.7 Å². The first-order valence-corrected chi connectivity index (χ1v) is 7.71. The summed E-state index contributed by atoms with van der Waals surface area (Å²) in [7, 11) is 0. The molecule has 0 spiro atoms. The van der Waals surface area contributed by atoms with E-state index in [4.69, 9.17) is 11.6 Å². The lowest BCUT2D eigenvalue weighted by Gasteiger charge is -2.36. The minimum atomic E-state index is -0.252. The van der Waals surface area contributed by atoms with Gasteiger partial charge in [-0.2, -0.15) is 0 Å². The Morgan fingerprint density at radius 3 is 2.43 bits per heavy atom. The predicted molar refractivity (Wildman–Crippen MR) is 87.6 cm³/mol. The summed E-state index contributed by atoms with van der Waals surface area (Å²) in [5.74, 6) is -0.440. The third kappa shape index (κ3) is 3.24. The third-order valence-corrected chi connectivity index (χ3v) is 4.26. The summed E-state index contributed by atoms with van der Waals surface area (Å²) >= 11 is 5.85. The first-order valence-electron chi connectivity index (χ1n) is 7.33. The topological polar surface area (TPSA) is 43.8 Å². The second kappa shape index (κ2) is 6.46. The average Bonchev–Trinajstić information content (AvgIpc) is 2.57. The number of anilines is 1. The number of piperazine rings is 1. The van der Waals surface area contributed by atoms with Gasteiger partial charge in [-0.15, -0.1) is 0 Å². The number of hydrogen-bond acceptors (Lipinski definition) is 3. The number of amides is 1. The van der Waals surface area contributed by atoms with Gasteiger partial charge in [-0.05, 0) is 30.3 Å². The molecule has 2 aromatic carbocycles. The highest BCUT2D eigenvalue weighted by molar-refractivity contribution is 6.32. The van der Waals surface area contributed by atoms with Gasteiger partial charge in [-0.1, -0.05) is 23.7 Å². The highest BCUT2D eigenvalue weighted by Gasteiger charge is 2.23. The fraction of sp³-hybridized carbons (Fsp3) is 0.235. The van der Waals surface area contributed by atoms with Crippen molar-refractivity contribution in [3.8, 4) is 5.75 Å². The number of nitrogens with zero attached hydrogens (tertiary/aromatic N) is 2. The summed E-state index contributed by atoms with van der Waals surface area (Å²) in [6.45, 7) is 2.15. The van der Waals surface area contributed by atoms with E-state index >= 15 is 0 Å². The zero-order valence-electron chi connectivity index (χ0n) is 12.4. The summed E-state index contributed by atoms with van der Waals surface area (Å²) in [6.07, 6.45) is 0. The fourth-order valence-corrected chi connectivity index (χ4v) is 2.86. The molecule has 0 aliphatic carbocycles. The number of phenolic OH excluding ortho intramolecular Hbond substituents is 1. The molecule has 1 N–H and O–H groups in total. The van der Waals surface area contributed by atoms with Crippen LogP contribution in [0.1, 0.15) is 10.4 Å². The molecule has 1 aliphatic rings. The van der Waals surface area contributed by atoms with Crippen LogP contribution in [0.4, 0.5) is 10.1 Å². The average molecular weight is 335 g/mol. The molecule has 2 aromatic rings. The molecule has 0 unspecified atom stereocenters. The van der Waals surface area contributed by atoms with Gasteiger partial charge in [0.15, 0.2) is 0 Å². The van der Waals surface area contributed by atoms with Gasteiger partial charge < -0.3 is 14.9 Å². The lowest BCUT2D eigenvalue weighted by molar-refractivity contribution is 0.0746. The largest absolute Gasteiger partial charge is 0.506 e. The van der Waals surface area contributed by atoms with Crippen LogP contribution in [0.25, 0.3) is 0 Å². The number of benzene rings is 2. The predicted octanol–water partition coefficient (Wildman–Crippen LogP) is 3.15. The van der Waals surface area contributed by atoms with Crippen molar-refractivity contribution < 1.29 is 14.3 Å². The Morgan fingerprint density at radius 1 is 1.09 bits per heavy atom. The number of rotatable bonds is 2. The normalized spacial score (nSPS) is 14.9. The molecule has 1 fully saturated rings.